The second-order valence-corrected chi connectivity index (χ2v) is 3.84. The molecule has 1 aromatic carbocycles. The summed E-state index contributed by atoms with van der Waals surface area (Å²) in [5.74, 6) is 0. The number of ether oxygens (including phenoxy) is 1. The molecule has 4 heteroatoms. The zero-order valence-electron chi connectivity index (χ0n) is 8.43. The highest BCUT2D eigenvalue weighted by atomic mass is 32.2. The molecule has 0 bridgehead atoms. The third kappa shape index (κ3) is 4.65. The zero-order valence-corrected chi connectivity index (χ0v) is 9.25. The molecule has 1 rings (SSSR count). The molecule has 0 atom stereocenters. The van der Waals surface area contributed by atoms with Gasteiger partial charge in [-0.15, -0.1) is 0 Å². The lowest BCUT2D eigenvalue weighted by Gasteiger charge is -2.02. The van der Waals surface area contributed by atoms with Gasteiger partial charge in [-0.25, -0.2) is 4.79 Å². The smallest absolute Gasteiger partial charge is 0.375 e. The van der Waals surface area contributed by atoms with Crippen LogP contribution < -0.4 is 0 Å². The maximum atomic E-state index is 11.1. The van der Waals surface area contributed by atoms with Crippen LogP contribution in [0.2, 0.25) is 0 Å². The minimum absolute atomic E-state index is 0.173. The van der Waals surface area contributed by atoms with E-state index < -0.39 is 5.30 Å². The van der Waals surface area contributed by atoms with Gasteiger partial charge in [0.05, 0.1) is 0 Å². The predicted molar refractivity (Wildman–Crippen MR) is 59.5 cm³/mol. The Morgan fingerprint density at radius 2 is 1.93 bits per heavy atom. The van der Waals surface area contributed by atoms with Crippen LogP contribution in [-0.2, 0) is 16.1 Å². The minimum Gasteiger partial charge on any atom is -0.452 e. The Morgan fingerprint density at radius 3 is 2.53 bits per heavy atom. The Bertz CT molecular complexity index is 335. The van der Waals surface area contributed by atoms with Crippen molar-refractivity contribution in [1.82, 2.24) is 0 Å². The molecule has 0 spiro atoms. The molecule has 0 radical (unpaired) electrons. The van der Waals surface area contributed by atoms with Crippen molar-refractivity contribution in [2.24, 2.45) is 0 Å². The molecular weight excluding hydrogens is 212 g/mol. The summed E-state index contributed by atoms with van der Waals surface area (Å²) in [7, 11) is 0. The summed E-state index contributed by atoms with van der Waals surface area (Å²) in [5, 5.41) is -0.709. The van der Waals surface area contributed by atoms with E-state index in [1.807, 2.05) is 30.3 Å². The molecule has 0 aliphatic heterocycles. The van der Waals surface area contributed by atoms with Crippen LogP contribution in [-0.4, -0.2) is 10.4 Å². The van der Waals surface area contributed by atoms with Gasteiger partial charge >= 0.3 is 5.30 Å². The summed E-state index contributed by atoms with van der Waals surface area (Å²) < 4.78 is 4.90. The van der Waals surface area contributed by atoms with Crippen LogP contribution in [0.3, 0.4) is 0 Å². The second-order valence-electron chi connectivity index (χ2n) is 2.85. The van der Waals surface area contributed by atoms with Crippen molar-refractivity contribution >= 4 is 22.2 Å². The summed E-state index contributed by atoms with van der Waals surface area (Å²) in [6.07, 6.45) is 0.338. The molecular formula is C11H12O3S. The lowest BCUT2D eigenvalue weighted by atomic mass is 10.2. The molecule has 0 aliphatic carbocycles. The van der Waals surface area contributed by atoms with E-state index in [-0.39, 0.29) is 11.7 Å². The van der Waals surface area contributed by atoms with E-state index in [1.54, 1.807) is 6.92 Å². The fraction of sp³-hybridized carbons (Fsp3) is 0.273. The van der Waals surface area contributed by atoms with Crippen LogP contribution in [0.15, 0.2) is 30.3 Å². The first-order chi connectivity index (χ1) is 7.22. The Hall–Kier alpha value is -1.29. The fourth-order valence-corrected chi connectivity index (χ4v) is 1.36. The van der Waals surface area contributed by atoms with Gasteiger partial charge in [-0.1, -0.05) is 37.3 Å². The summed E-state index contributed by atoms with van der Waals surface area (Å²) in [4.78, 5) is 22.0. The topological polar surface area (TPSA) is 43.4 Å². The number of carbonyl (C=O) groups excluding carboxylic acids is 2. The number of benzene rings is 1. The first kappa shape index (κ1) is 11.8. The van der Waals surface area contributed by atoms with Crippen molar-refractivity contribution in [1.29, 1.82) is 0 Å². The van der Waals surface area contributed by atoms with Crippen LogP contribution in [0, 0.1) is 0 Å². The summed E-state index contributed by atoms with van der Waals surface area (Å²) in [6.45, 7) is 1.92. The zero-order chi connectivity index (χ0) is 11.1. The molecule has 0 unspecified atom stereocenters. The van der Waals surface area contributed by atoms with Gasteiger partial charge in [0.25, 0.3) is 0 Å². The van der Waals surface area contributed by atoms with Crippen molar-refractivity contribution < 1.29 is 14.3 Å². The lowest BCUT2D eigenvalue weighted by Crippen LogP contribution is -2.01. The highest BCUT2D eigenvalue weighted by molar-refractivity contribution is 8.25. The first-order valence-corrected chi connectivity index (χ1v) is 5.45. The van der Waals surface area contributed by atoms with Crippen molar-refractivity contribution in [3.63, 3.8) is 0 Å². The van der Waals surface area contributed by atoms with Gasteiger partial charge in [-0.3, -0.25) is 4.79 Å². The monoisotopic (exact) mass is 224 g/mol. The molecule has 0 saturated carbocycles. The van der Waals surface area contributed by atoms with Gasteiger partial charge < -0.3 is 4.74 Å². The van der Waals surface area contributed by atoms with Crippen molar-refractivity contribution in [2.75, 3.05) is 0 Å². The van der Waals surface area contributed by atoms with Crippen LogP contribution in [0.5, 0.6) is 0 Å². The van der Waals surface area contributed by atoms with Gasteiger partial charge in [0.1, 0.15) is 6.61 Å². The Balaban J connectivity index is 2.32. The molecule has 0 amide bonds. The van der Waals surface area contributed by atoms with E-state index in [1.165, 1.54) is 0 Å². The van der Waals surface area contributed by atoms with Crippen LogP contribution >= 0.6 is 11.8 Å². The summed E-state index contributed by atoms with van der Waals surface area (Å²) in [5.41, 5.74) is 0.912. The molecule has 0 saturated heterocycles. The SMILES string of the molecule is CCC(=O)SC(=O)OCc1ccccc1. The standard InChI is InChI=1S/C11H12O3S/c1-2-10(12)15-11(13)14-8-9-6-4-3-5-7-9/h3-7H,2,8H2,1H3. The molecule has 3 nitrogen and oxygen atoms in total. The highest BCUT2D eigenvalue weighted by Gasteiger charge is 2.09. The number of rotatable bonds is 3. The Kier molecular flexibility index (Phi) is 4.90. The van der Waals surface area contributed by atoms with E-state index in [9.17, 15) is 9.59 Å². The van der Waals surface area contributed by atoms with E-state index in [0.29, 0.717) is 18.2 Å². The Labute approximate surface area is 92.8 Å². The molecule has 80 valence electrons. The number of thioether (sulfide) groups is 1. The van der Waals surface area contributed by atoms with Crippen molar-refractivity contribution in [2.45, 2.75) is 20.0 Å². The number of hydrogen-bond donors (Lipinski definition) is 0. The van der Waals surface area contributed by atoms with Gasteiger partial charge in [0.15, 0.2) is 5.12 Å². The average Bonchev–Trinajstić information content (AvgIpc) is 2.27. The molecule has 0 aromatic heterocycles. The third-order valence-electron chi connectivity index (χ3n) is 1.69. The highest BCUT2D eigenvalue weighted by Crippen LogP contribution is 2.11. The summed E-state index contributed by atoms with van der Waals surface area (Å²) in [6, 6.07) is 9.35. The van der Waals surface area contributed by atoms with Gasteiger partial charge in [-0.05, 0) is 5.56 Å². The van der Waals surface area contributed by atoms with Gasteiger partial charge in [0, 0.05) is 18.2 Å². The van der Waals surface area contributed by atoms with Crippen molar-refractivity contribution in [3.8, 4) is 0 Å². The molecule has 0 aliphatic rings. The molecule has 0 fully saturated rings. The van der Waals surface area contributed by atoms with E-state index in [4.69, 9.17) is 4.74 Å². The molecule has 0 heterocycles. The van der Waals surface area contributed by atoms with E-state index >= 15 is 0 Å². The van der Waals surface area contributed by atoms with E-state index in [0.717, 1.165) is 5.56 Å². The number of carbonyl (C=O) groups is 2. The molecule has 0 N–H and O–H groups in total. The quantitative estimate of drug-likeness (QED) is 0.740. The predicted octanol–water partition coefficient (Wildman–Crippen LogP) is 2.99. The molecule has 1 aromatic rings. The maximum Gasteiger partial charge on any atom is 0.375 e. The first-order valence-electron chi connectivity index (χ1n) is 4.63. The fourth-order valence-electron chi connectivity index (χ4n) is 0.911. The number of hydrogen-bond acceptors (Lipinski definition) is 4. The molecule has 15 heavy (non-hydrogen) atoms. The van der Waals surface area contributed by atoms with Crippen molar-refractivity contribution in [3.05, 3.63) is 35.9 Å². The maximum absolute atomic E-state index is 11.1. The third-order valence-corrected chi connectivity index (χ3v) is 2.49. The van der Waals surface area contributed by atoms with Gasteiger partial charge in [0.2, 0.25) is 0 Å². The Morgan fingerprint density at radius 1 is 1.27 bits per heavy atom. The summed E-state index contributed by atoms with van der Waals surface area (Å²) >= 11 is 0.619. The van der Waals surface area contributed by atoms with Gasteiger partial charge in [-0.2, -0.15) is 0 Å². The normalized spacial score (nSPS) is 9.67. The lowest BCUT2D eigenvalue weighted by molar-refractivity contribution is -0.110. The second kappa shape index (κ2) is 6.24. The van der Waals surface area contributed by atoms with Crippen LogP contribution in [0.4, 0.5) is 4.79 Å². The van der Waals surface area contributed by atoms with E-state index in [2.05, 4.69) is 0 Å². The van der Waals surface area contributed by atoms with Crippen LogP contribution in [0.1, 0.15) is 18.9 Å². The largest absolute Gasteiger partial charge is 0.452 e. The van der Waals surface area contributed by atoms with Crippen LogP contribution in [0.25, 0.3) is 0 Å². The average molecular weight is 224 g/mol. The minimum atomic E-state index is -0.536.